The first-order chi connectivity index (χ1) is 10.8. The van der Waals surface area contributed by atoms with Gasteiger partial charge in [0.1, 0.15) is 0 Å². The fourth-order valence-electron chi connectivity index (χ4n) is 2.15. The van der Waals surface area contributed by atoms with Crippen molar-refractivity contribution in [3.8, 4) is 0 Å². The van der Waals surface area contributed by atoms with Gasteiger partial charge in [-0.25, -0.2) is 14.4 Å². The van der Waals surface area contributed by atoms with Gasteiger partial charge in [-0.15, -0.1) is 0 Å². The van der Waals surface area contributed by atoms with Crippen LogP contribution < -0.4 is 5.06 Å². The zero-order chi connectivity index (χ0) is 17.5. The molecule has 0 aliphatic carbocycles. The predicted molar refractivity (Wildman–Crippen MR) is 87.0 cm³/mol. The van der Waals surface area contributed by atoms with Gasteiger partial charge in [0.15, 0.2) is 0 Å². The third-order valence-electron chi connectivity index (χ3n) is 3.02. The van der Waals surface area contributed by atoms with Crippen molar-refractivity contribution in [1.29, 1.82) is 0 Å². The van der Waals surface area contributed by atoms with Gasteiger partial charge >= 0.3 is 12.9 Å². The van der Waals surface area contributed by atoms with Crippen LogP contribution in [-0.4, -0.2) is 30.3 Å². The molecule has 0 aliphatic rings. The first-order valence-electron chi connectivity index (χ1n) is 7.10. The summed E-state index contributed by atoms with van der Waals surface area (Å²) in [5, 5.41) is 1.24. The molecule has 0 spiro atoms. The Kier molecular flexibility index (Phi) is 7.51. The lowest BCUT2D eigenvalue weighted by molar-refractivity contribution is -0.173. The van der Waals surface area contributed by atoms with E-state index in [1.54, 1.807) is 37.3 Å². The molecule has 0 amide bonds. The molecule has 0 radical (unpaired) electrons. The van der Waals surface area contributed by atoms with E-state index < -0.39 is 18.6 Å². The Bertz CT molecular complexity index is 551. The number of methoxy groups -OCH3 is 1. The summed E-state index contributed by atoms with van der Waals surface area (Å²) in [7, 11) is 1.29. The third kappa shape index (κ3) is 5.19. The number of carbonyl (C=O) groups excluding carboxylic acids is 1. The number of rotatable bonds is 9. The van der Waals surface area contributed by atoms with E-state index in [9.17, 15) is 9.36 Å². The van der Waals surface area contributed by atoms with Crippen LogP contribution in [0, 0.1) is 0 Å². The zero-order valence-corrected chi connectivity index (χ0v) is 14.9. The number of anilines is 1. The summed E-state index contributed by atoms with van der Waals surface area (Å²) in [6, 6.07) is 8.76. The Labute approximate surface area is 140 Å². The van der Waals surface area contributed by atoms with Crippen molar-refractivity contribution in [3.63, 3.8) is 0 Å². The highest BCUT2D eigenvalue weighted by Gasteiger charge is 2.49. The lowest BCUT2D eigenvalue weighted by atomic mass is 10.1. The maximum absolute atomic E-state index is 12.5. The molecule has 2 atom stereocenters. The SMILES string of the molecule is CCC[C@@](OC)(C(=O)OP(=O)(O)Cl)N(OCC)c1ccccc1. The highest BCUT2D eigenvalue weighted by Crippen LogP contribution is 2.49. The van der Waals surface area contributed by atoms with E-state index in [2.05, 4.69) is 4.52 Å². The van der Waals surface area contributed by atoms with Crippen LogP contribution in [0.3, 0.4) is 0 Å². The smallest absolute Gasteiger partial charge is 0.377 e. The molecule has 130 valence electrons. The van der Waals surface area contributed by atoms with E-state index in [4.69, 9.17) is 25.7 Å². The van der Waals surface area contributed by atoms with Crippen LogP contribution in [0.4, 0.5) is 5.69 Å². The quantitative estimate of drug-likeness (QED) is 0.407. The normalized spacial score (nSPS) is 16.2. The maximum atomic E-state index is 12.5. The number of para-hydroxylation sites is 1. The van der Waals surface area contributed by atoms with Gasteiger partial charge in [-0.3, -0.25) is 4.84 Å². The second-order valence-corrected chi connectivity index (χ2v) is 6.98. The van der Waals surface area contributed by atoms with E-state index in [0.717, 1.165) is 0 Å². The summed E-state index contributed by atoms with van der Waals surface area (Å²) in [6.07, 6.45) is 0.686. The molecule has 0 bridgehead atoms. The largest absolute Gasteiger partial charge is 0.476 e. The van der Waals surface area contributed by atoms with E-state index in [1.807, 2.05) is 6.92 Å². The molecule has 0 saturated heterocycles. The number of carbonyl (C=O) groups is 1. The van der Waals surface area contributed by atoms with Gasteiger partial charge < -0.3 is 14.2 Å². The summed E-state index contributed by atoms with van der Waals surface area (Å²) >= 11 is 5.17. The Morgan fingerprint density at radius 3 is 2.39 bits per heavy atom. The number of halogens is 1. The number of ether oxygens (including phenoxy) is 1. The van der Waals surface area contributed by atoms with Gasteiger partial charge in [-0.1, -0.05) is 31.5 Å². The van der Waals surface area contributed by atoms with E-state index in [1.165, 1.54) is 12.2 Å². The van der Waals surface area contributed by atoms with Gasteiger partial charge in [0.05, 0.1) is 12.3 Å². The lowest BCUT2D eigenvalue weighted by Gasteiger charge is -2.40. The van der Waals surface area contributed by atoms with Gasteiger partial charge in [-0.2, -0.15) is 0 Å². The van der Waals surface area contributed by atoms with Crippen molar-refractivity contribution in [2.45, 2.75) is 32.4 Å². The first-order valence-corrected chi connectivity index (χ1v) is 9.58. The molecule has 0 aliphatic heterocycles. The number of hydroxylamine groups is 1. The molecular formula is C14H21ClNO6P. The van der Waals surface area contributed by atoms with Crippen LogP contribution in [0.1, 0.15) is 26.7 Å². The molecule has 1 N–H and O–H groups in total. The van der Waals surface area contributed by atoms with Gasteiger partial charge in [-0.05, 0) is 19.1 Å². The molecule has 1 rings (SSSR count). The topological polar surface area (TPSA) is 85.3 Å². The van der Waals surface area contributed by atoms with Crippen LogP contribution >= 0.6 is 18.2 Å². The predicted octanol–water partition coefficient (Wildman–Crippen LogP) is 3.47. The van der Waals surface area contributed by atoms with E-state index in [-0.39, 0.29) is 13.0 Å². The third-order valence-corrected chi connectivity index (χ3v) is 3.62. The zero-order valence-electron chi connectivity index (χ0n) is 13.3. The first kappa shape index (κ1) is 19.9. The van der Waals surface area contributed by atoms with Crippen LogP contribution in [0.15, 0.2) is 30.3 Å². The summed E-state index contributed by atoms with van der Waals surface area (Å²) in [5.74, 6) is -1.10. The monoisotopic (exact) mass is 365 g/mol. The van der Waals surface area contributed by atoms with Crippen molar-refractivity contribution < 1.29 is 28.4 Å². The highest BCUT2D eigenvalue weighted by molar-refractivity contribution is 7.80. The van der Waals surface area contributed by atoms with Gasteiger partial charge in [0.2, 0.25) is 0 Å². The van der Waals surface area contributed by atoms with Crippen LogP contribution in [0.5, 0.6) is 0 Å². The molecule has 9 heteroatoms. The second-order valence-electron chi connectivity index (χ2n) is 4.62. The fraction of sp³-hybridized carbons (Fsp3) is 0.500. The number of hydrogen-bond acceptors (Lipinski definition) is 6. The Hall–Kier alpha value is -1.11. The lowest BCUT2D eigenvalue weighted by Crippen LogP contribution is -2.57. The second kappa shape index (κ2) is 8.66. The highest BCUT2D eigenvalue weighted by atomic mass is 35.7. The van der Waals surface area contributed by atoms with Gasteiger partial charge in [0.25, 0.3) is 5.72 Å². The average molecular weight is 366 g/mol. The molecule has 0 saturated carbocycles. The molecule has 0 fully saturated rings. The molecular weight excluding hydrogens is 345 g/mol. The molecule has 1 aromatic rings. The number of nitrogens with zero attached hydrogens (tertiary/aromatic N) is 1. The Morgan fingerprint density at radius 2 is 1.96 bits per heavy atom. The van der Waals surface area contributed by atoms with E-state index >= 15 is 0 Å². The average Bonchev–Trinajstić information content (AvgIpc) is 2.50. The standard InChI is InChI=1S/C14H21ClNO6P/c1-4-11-14(20-3,13(17)22-23(15,18)19)16(21-5-2)12-9-7-6-8-10-12/h6-10H,4-5,11H2,1-3H3,(H,18,19)/t14-/m1/s1. The summed E-state index contributed by atoms with van der Waals surface area (Å²) < 4.78 is 21.1. The van der Waals surface area contributed by atoms with Crippen molar-refractivity contribution >= 4 is 29.8 Å². The van der Waals surface area contributed by atoms with Crippen molar-refractivity contribution in [3.05, 3.63) is 30.3 Å². The fourth-order valence-corrected chi connectivity index (χ4v) is 2.68. The summed E-state index contributed by atoms with van der Waals surface area (Å²) in [4.78, 5) is 27.2. The number of hydrogen-bond donors (Lipinski definition) is 1. The minimum Gasteiger partial charge on any atom is -0.377 e. The van der Waals surface area contributed by atoms with Crippen molar-refractivity contribution in [2.24, 2.45) is 0 Å². The molecule has 23 heavy (non-hydrogen) atoms. The summed E-state index contributed by atoms with van der Waals surface area (Å²) in [5.41, 5.74) is -1.21. The van der Waals surface area contributed by atoms with Crippen LogP contribution in [0.2, 0.25) is 0 Å². The summed E-state index contributed by atoms with van der Waals surface area (Å²) in [6.45, 7) is -0.729. The number of benzene rings is 1. The molecule has 1 aromatic carbocycles. The minimum atomic E-state index is -4.54. The van der Waals surface area contributed by atoms with E-state index in [0.29, 0.717) is 12.1 Å². The van der Waals surface area contributed by atoms with Crippen molar-refractivity contribution in [1.82, 2.24) is 0 Å². The molecule has 1 unspecified atom stereocenters. The molecule has 0 aromatic heterocycles. The molecule has 0 heterocycles. The van der Waals surface area contributed by atoms with Gasteiger partial charge in [0, 0.05) is 24.8 Å². The maximum Gasteiger partial charge on any atom is 0.476 e. The molecule has 7 nitrogen and oxygen atoms in total. The van der Waals surface area contributed by atoms with Crippen LogP contribution in [-0.2, 0) is 23.5 Å². The van der Waals surface area contributed by atoms with Crippen LogP contribution in [0.25, 0.3) is 0 Å². The minimum absolute atomic E-state index is 0.161. The Morgan fingerprint density at radius 1 is 1.35 bits per heavy atom. The Balaban J connectivity index is 3.34. The van der Waals surface area contributed by atoms with Crippen molar-refractivity contribution in [2.75, 3.05) is 18.8 Å².